The van der Waals surface area contributed by atoms with Gasteiger partial charge in [-0.25, -0.2) is 19.2 Å². The smallest absolute Gasteiger partial charge is 0.333 e. The number of imide groups is 1. The van der Waals surface area contributed by atoms with Crippen molar-refractivity contribution in [1.29, 1.82) is 0 Å². The lowest BCUT2D eigenvalue weighted by atomic mass is 9.77. The van der Waals surface area contributed by atoms with Gasteiger partial charge in [-0.05, 0) is 210 Å². The molecule has 4 N–H and O–H groups in total. The van der Waals surface area contributed by atoms with Crippen molar-refractivity contribution >= 4 is 99.6 Å². The number of nitrogens with one attached hydrogen (secondary N) is 4. The van der Waals surface area contributed by atoms with Gasteiger partial charge < -0.3 is 54.5 Å². The first kappa shape index (κ1) is 104. The fraction of sp³-hybridized carbons (Fsp3) is 0.725. The number of amides is 6. The number of fused-ring (bicyclic) bond motifs is 1. The lowest BCUT2D eigenvalue weighted by Crippen LogP contribution is -2.52. The number of methoxy groups -OCH3 is 1. The Labute approximate surface area is 722 Å². The zero-order chi connectivity index (χ0) is 90.5. The van der Waals surface area contributed by atoms with Crippen molar-refractivity contribution in [3.05, 3.63) is 48.0 Å². The van der Waals surface area contributed by atoms with Gasteiger partial charge in [0, 0.05) is 135 Å². The monoisotopic (exact) mass is 1710 g/mol. The summed E-state index contributed by atoms with van der Waals surface area (Å²) in [4.78, 5) is 213. The van der Waals surface area contributed by atoms with Crippen LogP contribution in [0.25, 0.3) is 10.8 Å². The van der Waals surface area contributed by atoms with E-state index in [0.717, 1.165) is 16.3 Å². The average Bonchev–Trinajstić information content (AvgIpc) is 1.14. The summed E-state index contributed by atoms with van der Waals surface area (Å²) in [6, 6.07) is 10.5. The number of nitrogens with zero attached hydrogens (tertiary/aromatic N) is 5. The molecule has 2 saturated heterocycles. The van der Waals surface area contributed by atoms with E-state index >= 15 is 0 Å². The van der Waals surface area contributed by atoms with Crippen molar-refractivity contribution < 1.29 is 105 Å². The number of hydroxylamine groups is 2. The quantitative estimate of drug-likeness (QED) is 0.0207. The van der Waals surface area contributed by atoms with Crippen LogP contribution in [-0.2, 0) is 107 Å². The van der Waals surface area contributed by atoms with E-state index in [1.165, 1.54) is 7.11 Å². The summed E-state index contributed by atoms with van der Waals surface area (Å²) in [5, 5.41) is 13.8. The number of ether oxygens (including phenoxy) is 6. The topological polar surface area (TPSA) is 385 Å². The minimum atomic E-state index is -1.26. The Balaban J connectivity index is 1.21. The third kappa shape index (κ3) is 43.5. The molecule has 122 heavy (non-hydrogen) atoms. The minimum Gasteiger partial charge on any atom is -0.467 e. The minimum absolute atomic E-state index is 0.00759. The number of hydrogen-bond donors (Lipinski definition) is 4. The Morgan fingerprint density at radius 2 is 0.877 bits per heavy atom. The molecule has 0 spiro atoms. The molecule has 2 aromatic rings. The van der Waals surface area contributed by atoms with E-state index in [-0.39, 0.29) is 144 Å². The molecule has 0 radical (unpaired) electrons. The summed E-state index contributed by atoms with van der Waals surface area (Å²) in [7, 11) is 1.18. The zero-order valence-corrected chi connectivity index (χ0v) is 75.8. The van der Waals surface area contributed by atoms with E-state index in [1.807, 2.05) is 62.1 Å². The van der Waals surface area contributed by atoms with Crippen LogP contribution in [-0.4, -0.2) is 252 Å². The predicted octanol–water partition coefficient (Wildman–Crippen LogP) is 10.1. The van der Waals surface area contributed by atoms with Crippen LogP contribution in [0.1, 0.15) is 264 Å². The van der Waals surface area contributed by atoms with Gasteiger partial charge in [0.2, 0.25) is 11.8 Å². The fourth-order valence-electron chi connectivity index (χ4n) is 14.8. The maximum absolute atomic E-state index is 14.5. The summed E-state index contributed by atoms with van der Waals surface area (Å²) in [5.41, 5.74) is -2.98. The van der Waals surface area contributed by atoms with Crippen LogP contribution in [0.2, 0.25) is 0 Å². The summed E-state index contributed by atoms with van der Waals surface area (Å²) in [5.74, 6) is -7.58. The van der Waals surface area contributed by atoms with Gasteiger partial charge in [-0.2, -0.15) is 0 Å². The van der Waals surface area contributed by atoms with E-state index in [4.69, 9.17) is 33.3 Å². The number of hydrogen-bond acceptors (Lipinski definition) is 26. The number of rotatable bonds is 45. The second kappa shape index (κ2) is 50.8. The average molecular weight is 1720 g/mol. The highest BCUT2D eigenvalue weighted by Gasteiger charge is 2.36. The zero-order valence-electron chi connectivity index (χ0n) is 75.8. The van der Waals surface area contributed by atoms with Gasteiger partial charge in [0.15, 0.2) is 0 Å². The van der Waals surface area contributed by atoms with Gasteiger partial charge in [0.25, 0.3) is 11.8 Å². The molecule has 4 atom stereocenters. The van der Waals surface area contributed by atoms with E-state index in [9.17, 15) is 71.9 Å². The molecule has 4 unspecified atom stereocenters. The standard InChI is InChI=1S/C91H143N9O22/c1-87(2,3)117-77(106)44-41-73(85(114)121-91(13,14)15)95-86(115)94-72(84(113)116-16)33-26-27-45-92-83(112)69(55-64-37-38-65-28-24-25-29-67(65)54-64)57-74(103)66-39-35-63(36-40-66)58-93-82(111)68(56-70(101)31-21-17-18-23-34-78(107)122-100-75(104)42-43-76(100)105)30-20-19-22-32-71(102)59-96-46-48-97(60-79(108)118-88(4,5)6)50-52-99(62-81(110)120-90(10,11)12)53-51-98(49-47-96)61-80(109)119-89(7,8)9/h24-25,28-29,37-38,54,63,66,68-69,72-73H,17-23,26-27,30-36,39-53,55-62H2,1-16H3,(H,92,112)(H,93,111)(H2,94,95,115). The molecule has 6 amide bonds. The number of carbonyl (C=O) groups is 15. The van der Waals surface area contributed by atoms with Gasteiger partial charge in [0.05, 0.1) is 33.3 Å². The van der Waals surface area contributed by atoms with Gasteiger partial charge >= 0.3 is 47.8 Å². The predicted molar refractivity (Wildman–Crippen MR) is 458 cm³/mol. The Kier molecular flexibility index (Phi) is 43.2. The van der Waals surface area contributed by atoms with Crippen molar-refractivity contribution in [3.8, 4) is 0 Å². The molecule has 1 saturated carbocycles. The first-order valence-corrected chi connectivity index (χ1v) is 44.0. The molecule has 684 valence electrons. The van der Waals surface area contributed by atoms with E-state index in [1.54, 1.807) is 104 Å². The van der Waals surface area contributed by atoms with Crippen LogP contribution in [0.3, 0.4) is 0 Å². The molecule has 0 aromatic heterocycles. The normalized spacial score (nSPS) is 17.6. The number of ketones is 3. The van der Waals surface area contributed by atoms with Crippen LogP contribution in [0.4, 0.5) is 4.79 Å². The molecule has 2 aliphatic heterocycles. The van der Waals surface area contributed by atoms with E-state index in [0.29, 0.717) is 154 Å². The molecule has 1 aliphatic carbocycles. The third-order valence-corrected chi connectivity index (χ3v) is 20.8. The van der Waals surface area contributed by atoms with Crippen LogP contribution < -0.4 is 21.3 Å². The number of urea groups is 1. The SMILES string of the molecule is COC(=O)C(CCCCNC(=O)C(CC(=O)C1CCC(CNC(=O)C(CCCCCC(=O)CN2CCN(CC(=O)OC(C)(C)C)CCN(CC(=O)OC(C)(C)C)CCN(CC(=O)OC(C)(C)C)CC2)CC(=O)CCCCCCC(=O)ON2C(=O)CCC2=O)CC1)Cc1ccc2ccccc2c1)NC(=O)NC(CCC(=O)OC(C)(C)C)C(=O)OC(C)(C)C. The van der Waals surface area contributed by atoms with Crippen molar-refractivity contribution in [2.75, 3.05) is 98.7 Å². The van der Waals surface area contributed by atoms with Crippen molar-refractivity contribution in [2.45, 2.75) is 304 Å². The van der Waals surface area contributed by atoms with Gasteiger partial charge in [-0.3, -0.25) is 72.3 Å². The Morgan fingerprint density at radius 1 is 0.426 bits per heavy atom. The van der Waals surface area contributed by atoms with Gasteiger partial charge in [0.1, 0.15) is 57.4 Å². The lowest BCUT2D eigenvalue weighted by Gasteiger charge is -2.34. The molecule has 2 aromatic carbocycles. The summed E-state index contributed by atoms with van der Waals surface area (Å²) >= 11 is 0. The largest absolute Gasteiger partial charge is 0.467 e. The molecule has 3 fully saturated rings. The highest BCUT2D eigenvalue weighted by Crippen LogP contribution is 2.32. The lowest BCUT2D eigenvalue weighted by molar-refractivity contribution is -0.197. The van der Waals surface area contributed by atoms with Gasteiger partial charge in [-0.15, -0.1) is 5.06 Å². The highest BCUT2D eigenvalue weighted by molar-refractivity contribution is 6.01. The molecule has 3 aliphatic rings. The maximum Gasteiger partial charge on any atom is 0.333 e. The van der Waals surface area contributed by atoms with Crippen LogP contribution >= 0.6 is 0 Å². The van der Waals surface area contributed by atoms with Crippen LogP contribution in [0, 0.1) is 23.7 Å². The first-order valence-electron chi connectivity index (χ1n) is 44.0. The molecule has 31 nitrogen and oxygen atoms in total. The molecule has 31 heteroatoms. The number of carbonyl (C=O) groups excluding carboxylic acids is 15. The maximum atomic E-state index is 14.5. The number of esters is 6. The summed E-state index contributed by atoms with van der Waals surface area (Å²) < 4.78 is 33.1. The second-order valence-electron chi connectivity index (χ2n) is 37.8. The van der Waals surface area contributed by atoms with Crippen molar-refractivity contribution in [3.63, 3.8) is 0 Å². The Bertz CT molecular complexity index is 3740. The number of benzene rings is 2. The highest BCUT2D eigenvalue weighted by atomic mass is 16.7. The number of Topliss-reactive ketones (excluding diaryl/α,β-unsaturated/α-hetero) is 3. The van der Waals surface area contributed by atoms with E-state index < -0.39 is 112 Å². The fourth-order valence-corrected chi connectivity index (χ4v) is 14.8. The second-order valence-corrected chi connectivity index (χ2v) is 37.8. The van der Waals surface area contributed by atoms with E-state index in [2.05, 4.69) is 21.3 Å². The molecule has 5 rings (SSSR count). The third-order valence-electron chi connectivity index (χ3n) is 20.8. The molecular weight excluding hydrogens is 1570 g/mol. The van der Waals surface area contributed by atoms with Crippen molar-refractivity contribution in [1.82, 2.24) is 45.9 Å². The summed E-state index contributed by atoms with van der Waals surface area (Å²) in [6.07, 6.45) is 7.62. The summed E-state index contributed by atoms with van der Waals surface area (Å²) in [6.45, 7) is 30.0. The molecular formula is C91H143N9O22. The van der Waals surface area contributed by atoms with Gasteiger partial charge in [-0.1, -0.05) is 68.1 Å². The first-order chi connectivity index (χ1) is 57.2. The Morgan fingerprint density at radius 3 is 1.39 bits per heavy atom. The molecule has 2 heterocycles. The van der Waals surface area contributed by atoms with Crippen LogP contribution in [0.5, 0.6) is 0 Å². The Hall–Kier alpha value is -8.81. The molecule has 0 bridgehead atoms. The van der Waals surface area contributed by atoms with Crippen molar-refractivity contribution in [2.24, 2.45) is 23.7 Å². The number of unbranched alkanes of at least 4 members (excludes halogenated alkanes) is 6. The van der Waals surface area contributed by atoms with Crippen LogP contribution in [0.15, 0.2) is 42.5 Å².